The van der Waals surface area contributed by atoms with Crippen LogP contribution in [-0.2, 0) is 6.18 Å². The predicted octanol–water partition coefficient (Wildman–Crippen LogP) is 4.08. The lowest BCUT2D eigenvalue weighted by Gasteiger charge is -2.15. The van der Waals surface area contributed by atoms with Gasteiger partial charge in [-0.1, -0.05) is 0 Å². The zero-order valence-electron chi connectivity index (χ0n) is 8.41. The van der Waals surface area contributed by atoms with Crippen molar-refractivity contribution in [3.63, 3.8) is 0 Å². The molecule has 0 N–H and O–H groups in total. The summed E-state index contributed by atoms with van der Waals surface area (Å²) in [6.07, 6.45) is -14.8. The van der Waals surface area contributed by atoms with Crippen LogP contribution in [0.1, 0.15) is 17.6 Å². The van der Waals surface area contributed by atoms with E-state index >= 15 is 0 Å². The molecule has 0 aliphatic heterocycles. The molecule has 19 heavy (non-hydrogen) atoms. The molecule has 0 bridgehead atoms. The van der Waals surface area contributed by atoms with Gasteiger partial charge in [-0.15, -0.1) is 13.2 Å². The van der Waals surface area contributed by atoms with E-state index < -0.39 is 41.9 Å². The summed E-state index contributed by atoms with van der Waals surface area (Å²) in [6, 6.07) is -0.315. The van der Waals surface area contributed by atoms with Crippen LogP contribution in [0.4, 0.5) is 39.5 Å². The molecule has 0 atom stereocenters. The Morgan fingerprint density at radius 3 is 1.95 bits per heavy atom. The van der Waals surface area contributed by atoms with E-state index in [2.05, 4.69) is 9.72 Å². The predicted molar refractivity (Wildman–Crippen MR) is 40.8 cm³/mol. The van der Waals surface area contributed by atoms with Crippen LogP contribution in [0.2, 0.25) is 0 Å². The minimum Gasteiger partial charge on any atom is -0.388 e. The number of alkyl halides is 8. The van der Waals surface area contributed by atoms with Crippen LogP contribution >= 0.6 is 0 Å². The third-order valence-corrected chi connectivity index (χ3v) is 1.72. The first-order valence-corrected chi connectivity index (χ1v) is 4.23. The van der Waals surface area contributed by atoms with Gasteiger partial charge in [0.05, 0.1) is 0 Å². The van der Waals surface area contributed by atoms with Gasteiger partial charge in [0.25, 0.3) is 6.43 Å². The van der Waals surface area contributed by atoms with Gasteiger partial charge in [-0.2, -0.15) is 22.5 Å². The van der Waals surface area contributed by atoms with Crippen LogP contribution in [0.3, 0.4) is 0 Å². The molecule has 1 rings (SSSR count). The van der Waals surface area contributed by atoms with Crippen molar-refractivity contribution < 1.29 is 44.3 Å². The number of aromatic nitrogens is 1. The van der Waals surface area contributed by atoms with E-state index in [1.807, 2.05) is 0 Å². The van der Waals surface area contributed by atoms with Gasteiger partial charge in [-0.3, -0.25) is 0 Å². The summed E-state index contributed by atoms with van der Waals surface area (Å²) in [5, 5.41) is 0. The second-order valence-corrected chi connectivity index (χ2v) is 3.06. The summed E-state index contributed by atoms with van der Waals surface area (Å²) in [7, 11) is 0. The molecule has 2 nitrogen and oxygen atoms in total. The first-order chi connectivity index (χ1) is 8.42. The van der Waals surface area contributed by atoms with Crippen LogP contribution in [0, 0.1) is 5.95 Å². The Bertz CT molecular complexity index is 465. The number of halogens is 9. The van der Waals surface area contributed by atoms with Crippen LogP contribution in [-0.4, -0.2) is 11.3 Å². The summed E-state index contributed by atoms with van der Waals surface area (Å²) in [5.41, 5.74) is -4.42. The molecule has 0 saturated carbocycles. The fourth-order valence-electron chi connectivity index (χ4n) is 1.13. The highest BCUT2D eigenvalue weighted by molar-refractivity contribution is 5.33. The van der Waals surface area contributed by atoms with E-state index in [1.165, 1.54) is 0 Å². The number of hydrogen-bond acceptors (Lipinski definition) is 2. The molecular weight excluding hydrogens is 297 g/mol. The normalized spacial score (nSPS) is 12.9. The Hall–Kier alpha value is -1.68. The van der Waals surface area contributed by atoms with Crippen molar-refractivity contribution >= 4 is 0 Å². The standard InChI is InChI=1S/C8H2F9NO/c9-5(10)2-1-3(19-8(15,16)17)18-6(11)4(2)7(12,13)14/h1,5H. The molecule has 0 unspecified atom stereocenters. The maximum atomic E-state index is 12.9. The van der Waals surface area contributed by atoms with Gasteiger partial charge in [0.2, 0.25) is 11.8 Å². The molecular formula is C8H2F9NO. The number of nitrogens with zero attached hydrogens (tertiary/aromatic N) is 1. The Morgan fingerprint density at radius 1 is 1.05 bits per heavy atom. The van der Waals surface area contributed by atoms with Gasteiger partial charge >= 0.3 is 12.5 Å². The van der Waals surface area contributed by atoms with E-state index in [4.69, 9.17) is 0 Å². The van der Waals surface area contributed by atoms with Gasteiger partial charge in [0.1, 0.15) is 5.56 Å². The summed E-state index contributed by atoms with van der Waals surface area (Å²) in [5.74, 6) is -4.27. The molecule has 1 heterocycles. The highest BCUT2D eigenvalue weighted by Crippen LogP contribution is 2.39. The van der Waals surface area contributed by atoms with Gasteiger partial charge in [0.15, 0.2) is 0 Å². The maximum absolute atomic E-state index is 12.9. The van der Waals surface area contributed by atoms with Crippen molar-refractivity contribution in [1.82, 2.24) is 4.98 Å². The van der Waals surface area contributed by atoms with E-state index in [0.717, 1.165) is 0 Å². The van der Waals surface area contributed by atoms with Crippen molar-refractivity contribution in [2.45, 2.75) is 19.0 Å². The molecule has 0 aromatic carbocycles. The van der Waals surface area contributed by atoms with Crippen molar-refractivity contribution in [1.29, 1.82) is 0 Å². The fourth-order valence-corrected chi connectivity index (χ4v) is 1.13. The smallest absolute Gasteiger partial charge is 0.388 e. The Balaban J connectivity index is 3.38. The second kappa shape index (κ2) is 4.78. The number of hydrogen-bond donors (Lipinski definition) is 0. The first kappa shape index (κ1) is 15.4. The Morgan fingerprint density at radius 2 is 1.58 bits per heavy atom. The van der Waals surface area contributed by atoms with Crippen LogP contribution in [0.25, 0.3) is 0 Å². The highest BCUT2D eigenvalue weighted by Gasteiger charge is 2.41. The molecule has 0 fully saturated rings. The van der Waals surface area contributed by atoms with Crippen molar-refractivity contribution in [2.24, 2.45) is 0 Å². The first-order valence-electron chi connectivity index (χ1n) is 4.23. The topological polar surface area (TPSA) is 22.1 Å². The van der Waals surface area contributed by atoms with Crippen LogP contribution in [0.15, 0.2) is 6.07 Å². The lowest BCUT2D eigenvalue weighted by molar-refractivity contribution is -0.276. The van der Waals surface area contributed by atoms with E-state index in [1.54, 1.807) is 0 Å². The summed E-state index contributed by atoms with van der Waals surface area (Å²) in [4.78, 5) is 2.21. The third kappa shape index (κ3) is 3.89. The largest absolute Gasteiger partial charge is 0.574 e. The zero-order valence-corrected chi connectivity index (χ0v) is 8.41. The van der Waals surface area contributed by atoms with E-state index in [9.17, 15) is 39.5 Å². The van der Waals surface area contributed by atoms with Gasteiger partial charge in [-0.05, 0) is 0 Å². The molecule has 1 aromatic rings. The minimum absolute atomic E-state index is 0.315. The fraction of sp³-hybridized carbons (Fsp3) is 0.375. The highest BCUT2D eigenvalue weighted by atomic mass is 19.4. The molecule has 0 radical (unpaired) electrons. The molecule has 0 spiro atoms. The molecule has 0 aliphatic carbocycles. The number of ether oxygens (including phenoxy) is 1. The lowest BCUT2D eigenvalue weighted by atomic mass is 10.1. The van der Waals surface area contributed by atoms with Crippen molar-refractivity contribution in [2.75, 3.05) is 0 Å². The molecule has 11 heteroatoms. The quantitative estimate of drug-likeness (QED) is 0.606. The molecule has 0 amide bonds. The van der Waals surface area contributed by atoms with Gasteiger partial charge in [0, 0.05) is 11.6 Å². The van der Waals surface area contributed by atoms with Crippen molar-refractivity contribution in [3.8, 4) is 5.88 Å². The Labute approximate surface area is 98.3 Å². The Kier molecular flexibility index (Phi) is 3.87. The van der Waals surface area contributed by atoms with Crippen LogP contribution in [0.5, 0.6) is 5.88 Å². The number of pyridine rings is 1. The summed E-state index contributed by atoms with van der Waals surface area (Å²) >= 11 is 0. The van der Waals surface area contributed by atoms with E-state index in [0.29, 0.717) is 0 Å². The maximum Gasteiger partial charge on any atom is 0.574 e. The van der Waals surface area contributed by atoms with Gasteiger partial charge < -0.3 is 4.74 Å². The molecule has 1 aromatic heterocycles. The van der Waals surface area contributed by atoms with Crippen molar-refractivity contribution in [3.05, 3.63) is 23.1 Å². The summed E-state index contributed by atoms with van der Waals surface area (Å²) in [6.45, 7) is 0. The molecule has 0 saturated heterocycles. The lowest BCUT2D eigenvalue weighted by Crippen LogP contribution is -2.20. The molecule has 0 aliphatic rings. The number of rotatable bonds is 2. The average molecular weight is 299 g/mol. The second-order valence-electron chi connectivity index (χ2n) is 3.06. The SMILES string of the molecule is Fc1nc(OC(F)(F)F)cc(C(F)F)c1C(F)(F)F. The van der Waals surface area contributed by atoms with Gasteiger partial charge in [-0.25, -0.2) is 8.78 Å². The van der Waals surface area contributed by atoms with E-state index in [-0.39, 0.29) is 6.07 Å². The zero-order chi connectivity index (χ0) is 15.0. The summed E-state index contributed by atoms with van der Waals surface area (Å²) < 4.78 is 113. The minimum atomic E-state index is -5.53. The average Bonchev–Trinajstić information content (AvgIpc) is 2.10. The van der Waals surface area contributed by atoms with Crippen LogP contribution < -0.4 is 4.74 Å². The monoisotopic (exact) mass is 299 g/mol. The molecule has 108 valence electrons. The third-order valence-electron chi connectivity index (χ3n) is 1.72.